The molecule has 1 aliphatic rings. The highest BCUT2D eigenvalue weighted by molar-refractivity contribution is 5.74. The molecule has 0 fully saturated rings. The summed E-state index contributed by atoms with van der Waals surface area (Å²) in [5.41, 5.74) is 0.915. The highest BCUT2D eigenvalue weighted by Gasteiger charge is 2.33. The van der Waals surface area contributed by atoms with E-state index in [-0.39, 0.29) is 0 Å². The maximum Gasteiger partial charge on any atom is 0.416 e. The molecule has 1 N–H and O–H groups in total. The van der Waals surface area contributed by atoms with Gasteiger partial charge in [-0.2, -0.15) is 13.2 Å². The van der Waals surface area contributed by atoms with E-state index in [1.165, 1.54) is 13.1 Å². The molecule has 1 atom stereocenters. The molecule has 4 nitrogen and oxygen atoms in total. The predicted molar refractivity (Wildman–Crippen MR) is 80.8 cm³/mol. The Kier molecular flexibility index (Phi) is 3.87. The van der Waals surface area contributed by atoms with Crippen molar-refractivity contribution in [2.24, 2.45) is 0 Å². The first-order chi connectivity index (χ1) is 11.3. The van der Waals surface area contributed by atoms with Crippen LogP contribution in [0.1, 0.15) is 11.1 Å². The van der Waals surface area contributed by atoms with Crippen LogP contribution >= 0.6 is 0 Å². The van der Waals surface area contributed by atoms with E-state index >= 15 is 0 Å². The number of nitrogens with zero attached hydrogens (tertiary/aromatic N) is 1. The number of carboxylic acid groups (broad SMARTS) is 1. The summed E-state index contributed by atoms with van der Waals surface area (Å²) in [6, 6.07) is 10.2. The SMILES string of the molecule is CN(C(=O)O)C1Cc2cccc(-c3cccc(C(F)(F)F)c3)c2O1. The van der Waals surface area contributed by atoms with Crippen molar-refractivity contribution in [1.29, 1.82) is 0 Å². The topological polar surface area (TPSA) is 49.8 Å². The summed E-state index contributed by atoms with van der Waals surface area (Å²) in [4.78, 5) is 12.1. The number of fused-ring (bicyclic) bond motifs is 1. The fraction of sp³-hybridized carbons (Fsp3) is 0.235. The molecule has 1 amide bonds. The van der Waals surface area contributed by atoms with Gasteiger partial charge in [-0.05, 0) is 17.7 Å². The molecule has 24 heavy (non-hydrogen) atoms. The third-order valence-corrected chi connectivity index (χ3v) is 3.98. The zero-order valence-corrected chi connectivity index (χ0v) is 12.7. The normalized spacial score (nSPS) is 16.4. The molecular weight excluding hydrogens is 323 g/mol. The smallest absolute Gasteiger partial charge is 0.416 e. The van der Waals surface area contributed by atoms with Crippen LogP contribution in [0.25, 0.3) is 11.1 Å². The fourth-order valence-corrected chi connectivity index (χ4v) is 2.68. The van der Waals surface area contributed by atoms with Gasteiger partial charge in [0, 0.05) is 24.6 Å². The second-order valence-electron chi connectivity index (χ2n) is 5.54. The van der Waals surface area contributed by atoms with E-state index in [4.69, 9.17) is 9.84 Å². The Morgan fingerprint density at radius 3 is 2.62 bits per heavy atom. The van der Waals surface area contributed by atoms with Gasteiger partial charge in [-0.1, -0.05) is 30.3 Å². The van der Waals surface area contributed by atoms with Gasteiger partial charge in [-0.3, -0.25) is 4.90 Å². The first-order valence-corrected chi connectivity index (χ1v) is 7.19. The number of alkyl halides is 3. The monoisotopic (exact) mass is 337 g/mol. The van der Waals surface area contributed by atoms with E-state index in [9.17, 15) is 18.0 Å². The van der Waals surface area contributed by atoms with Crippen LogP contribution in [0, 0.1) is 0 Å². The van der Waals surface area contributed by atoms with Crippen molar-refractivity contribution < 1.29 is 27.8 Å². The first-order valence-electron chi connectivity index (χ1n) is 7.19. The fourth-order valence-electron chi connectivity index (χ4n) is 2.68. The van der Waals surface area contributed by atoms with Gasteiger partial charge in [0.15, 0.2) is 6.23 Å². The number of hydrogen-bond acceptors (Lipinski definition) is 2. The number of ether oxygens (including phenoxy) is 1. The van der Waals surface area contributed by atoms with Crippen molar-refractivity contribution in [1.82, 2.24) is 4.90 Å². The van der Waals surface area contributed by atoms with E-state index in [1.54, 1.807) is 24.3 Å². The minimum absolute atomic E-state index is 0.352. The largest absolute Gasteiger partial charge is 0.469 e. The first kappa shape index (κ1) is 16.2. The van der Waals surface area contributed by atoms with Crippen molar-refractivity contribution >= 4 is 6.09 Å². The van der Waals surface area contributed by atoms with Gasteiger partial charge in [-0.25, -0.2) is 4.79 Å². The van der Waals surface area contributed by atoms with Gasteiger partial charge < -0.3 is 9.84 Å². The van der Waals surface area contributed by atoms with E-state index in [1.807, 2.05) is 0 Å². The Morgan fingerprint density at radius 2 is 1.96 bits per heavy atom. The van der Waals surface area contributed by atoms with Crippen molar-refractivity contribution in [3.63, 3.8) is 0 Å². The molecule has 2 aromatic carbocycles. The van der Waals surface area contributed by atoms with Crippen LogP contribution in [0.3, 0.4) is 0 Å². The van der Waals surface area contributed by atoms with Gasteiger partial charge >= 0.3 is 12.3 Å². The second kappa shape index (κ2) is 5.74. The standard InChI is InChI=1S/C17H14F3NO3/c1-21(16(22)23)14-9-11-5-3-7-13(15(11)24-14)10-4-2-6-12(8-10)17(18,19)20/h2-8,14H,9H2,1H3,(H,22,23). The number of likely N-dealkylation sites (N-methyl/N-ethyl adjacent to an activating group) is 1. The highest BCUT2D eigenvalue weighted by Crippen LogP contribution is 2.40. The maximum atomic E-state index is 12.9. The molecule has 7 heteroatoms. The lowest BCUT2D eigenvalue weighted by Gasteiger charge is -2.21. The van der Waals surface area contributed by atoms with E-state index in [0.29, 0.717) is 23.3 Å². The zero-order valence-electron chi connectivity index (χ0n) is 12.7. The van der Waals surface area contributed by atoms with Gasteiger partial charge in [0.1, 0.15) is 5.75 Å². The summed E-state index contributed by atoms with van der Waals surface area (Å²) in [5, 5.41) is 9.05. The predicted octanol–water partition coefficient (Wildman–Crippen LogP) is 4.24. The molecule has 2 aromatic rings. The summed E-state index contributed by atoms with van der Waals surface area (Å²) < 4.78 is 44.4. The summed E-state index contributed by atoms with van der Waals surface area (Å²) in [6.07, 6.45) is -5.90. The second-order valence-corrected chi connectivity index (χ2v) is 5.54. The van der Waals surface area contributed by atoms with Gasteiger partial charge in [-0.15, -0.1) is 0 Å². The Bertz CT molecular complexity index is 789. The number of carbonyl (C=O) groups is 1. The van der Waals surface area contributed by atoms with Crippen molar-refractivity contribution in [3.8, 4) is 16.9 Å². The molecule has 1 heterocycles. The summed E-state index contributed by atoms with van der Waals surface area (Å²) in [6.45, 7) is 0. The molecule has 0 aromatic heterocycles. The van der Waals surface area contributed by atoms with E-state index in [2.05, 4.69) is 0 Å². The molecule has 0 radical (unpaired) electrons. The minimum Gasteiger partial charge on any atom is -0.469 e. The Labute approximate surface area is 136 Å². The molecule has 0 saturated heterocycles. The molecule has 1 aliphatic heterocycles. The molecular formula is C17H14F3NO3. The number of hydrogen-bond donors (Lipinski definition) is 1. The minimum atomic E-state index is -4.43. The van der Waals surface area contributed by atoms with Gasteiger partial charge in [0.05, 0.1) is 5.56 Å². The van der Waals surface area contributed by atoms with Crippen molar-refractivity contribution in [2.75, 3.05) is 7.05 Å². The van der Waals surface area contributed by atoms with E-state index < -0.39 is 24.1 Å². The Hall–Kier alpha value is -2.70. The van der Waals surface area contributed by atoms with Crippen LogP contribution in [0.2, 0.25) is 0 Å². The number of halogens is 3. The Morgan fingerprint density at radius 1 is 1.25 bits per heavy atom. The average Bonchev–Trinajstić information content (AvgIpc) is 2.97. The van der Waals surface area contributed by atoms with Gasteiger partial charge in [0.25, 0.3) is 0 Å². The summed E-state index contributed by atoms with van der Waals surface area (Å²) in [7, 11) is 1.39. The lowest BCUT2D eigenvalue weighted by atomic mass is 9.99. The lowest BCUT2D eigenvalue weighted by molar-refractivity contribution is -0.137. The number of amides is 1. The molecule has 126 valence electrons. The molecule has 0 bridgehead atoms. The summed E-state index contributed by atoms with van der Waals surface area (Å²) in [5.74, 6) is 0.426. The van der Waals surface area contributed by atoms with Crippen LogP contribution in [0.4, 0.5) is 18.0 Å². The van der Waals surface area contributed by atoms with Crippen molar-refractivity contribution in [3.05, 3.63) is 53.6 Å². The summed E-state index contributed by atoms with van der Waals surface area (Å²) >= 11 is 0. The Balaban J connectivity index is 1.99. The highest BCUT2D eigenvalue weighted by atomic mass is 19.4. The van der Waals surface area contributed by atoms with E-state index in [0.717, 1.165) is 22.6 Å². The molecule has 0 aliphatic carbocycles. The number of para-hydroxylation sites is 1. The van der Waals surface area contributed by atoms with Crippen LogP contribution in [0.5, 0.6) is 5.75 Å². The van der Waals surface area contributed by atoms with Crippen LogP contribution < -0.4 is 4.74 Å². The molecule has 0 saturated carbocycles. The molecule has 0 spiro atoms. The zero-order chi connectivity index (χ0) is 17.5. The lowest BCUT2D eigenvalue weighted by Crippen LogP contribution is -2.38. The third-order valence-electron chi connectivity index (χ3n) is 3.98. The van der Waals surface area contributed by atoms with Crippen LogP contribution in [0.15, 0.2) is 42.5 Å². The third kappa shape index (κ3) is 2.89. The number of rotatable bonds is 2. The maximum absolute atomic E-state index is 12.9. The van der Waals surface area contributed by atoms with Gasteiger partial charge in [0.2, 0.25) is 0 Å². The van der Waals surface area contributed by atoms with Crippen molar-refractivity contribution in [2.45, 2.75) is 18.8 Å². The average molecular weight is 337 g/mol. The van der Waals surface area contributed by atoms with Crippen LogP contribution in [-0.4, -0.2) is 29.4 Å². The quantitative estimate of drug-likeness (QED) is 0.891. The number of benzene rings is 2. The van der Waals surface area contributed by atoms with Crippen LogP contribution in [-0.2, 0) is 12.6 Å². The molecule has 1 unspecified atom stereocenters. The molecule has 3 rings (SSSR count).